The molecule has 1 aliphatic heterocycles. The second kappa shape index (κ2) is 6.89. The fourth-order valence-electron chi connectivity index (χ4n) is 2.58. The maximum Gasteiger partial charge on any atom is 0.165 e. The van der Waals surface area contributed by atoms with Gasteiger partial charge in [-0.15, -0.1) is 0 Å². The van der Waals surface area contributed by atoms with Crippen molar-refractivity contribution in [2.75, 3.05) is 32.1 Å². The van der Waals surface area contributed by atoms with Crippen molar-refractivity contribution in [2.45, 2.75) is 39.8 Å². The molecule has 2 rings (SSSR count). The summed E-state index contributed by atoms with van der Waals surface area (Å²) in [6, 6.07) is 4.57. The number of hydrogen-bond acceptors (Lipinski definition) is 5. The number of hydrogen-bond donors (Lipinski definition) is 1. The van der Waals surface area contributed by atoms with Crippen LogP contribution in [0.15, 0.2) is 12.1 Å². The molecule has 21 heavy (non-hydrogen) atoms. The molecule has 0 aromatic heterocycles. The molecule has 5 nitrogen and oxygen atoms in total. The van der Waals surface area contributed by atoms with E-state index in [9.17, 15) is 0 Å². The molecular weight excluding hydrogens is 268 g/mol. The quantitative estimate of drug-likeness (QED) is 0.817. The van der Waals surface area contributed by atoms with Crippen molar-refractivity contribution in [1.82, 2.24) is 4.90 Å². The molecule has 0 saturated heterocycles. The van der Waals surface area contributed by atoms with Gasteiger partial charge < -0.3 is 19.9 Å². The Labute approximate surface area is 127 Å². The van der Waals surface area contributed by atoms with Gasteiger partial charge in [-0.2, -0.15) is 0 Å². The van der Waals surface area contributed by atoms with Crippen LogP contribution in [0.25, 0.3) is 0 Å². The maximum absolute atomic E-state index is 6.01. The van der Waals surface area contributed by atoms with Gasteiger partial charge in [0.15, 0.2) is 11.5 Å². The number of fused-ring (bicyclic) bond motifs is 1. The Morgan fingerprint density at radius 2 is 1.67 bits per heavy atom. The van der Waals surface area contributed by atoms with Gasteiger partial charge in [0, 0.05) is 30.8 Å². The first-order valence-electron chi connectivity index (χ1n) is 7.56. The second-order valence-corrected chi connectivity index (χ2v) is 5.81. The molecule has 0 unspecified atom stereocenters. The van der Waals surface area contributed by atoms with E-state index in [1.54, 1.807) is 6.07 Å². The number of rotatable bonds is 6. The molecular formula is C16H26N2O3. The van der Waals surface area contributed by atoms with Crippen molar-refractivity contribution in [3.05, 3.63) is 12.1 Å². The van der Waals surface area contributed by atoms with Crippen LogP contribution in [0.5, 0.6) is 17.2 Å². The highest BCUT2D eigenvalue weighted by Crippen LogP contribution is 2.38. The zero-order valence-corrected chi connectivity index (χ0v) is 13.4. The average Bonchev–Trinajstić information content (AvgIpc) is 2.43. The molecule has 0 saturated carbocycles. The minimum Gasteiger partial charge on any atom is -0.490 e. The van der Waals surface area contributed by atoms with Gasteiger partial charge in [-0.05, 0) is 27.7 Å². The van der Waals surface area contributed by atoms with Gasteiger partial charge in [0.2, 0.25) is 0 Å². The van der Waals surface area contributed by atoms with Crippen molar-refractivity contribution in [1.29, 1.82) is 0 Å². The highest BCUT2D eigenvalue weighted by atomic mass is 16.6. The summed E-state index contributed by atoms with van der Waals surface area (Å²) in [5, 5.41) is 0. The van der Waals surface area contributed by atoms with Crippen molar-refractivity contribution in [3.63, 3.8) is 0 Å². The van der Waals surface area contributed by atoms with E-state index in [0.29, 0.717) is 54.8 Å². The normalized spacial score (nSPS) is 14.0. The third-order valence-electron chi connectivity index (χ3n) is 3.61. The zero-order valence-electron chi connectivity index (χ0n) is 13.4. The monoisotopic (exact) mass is 294 g/mol. The van der Waals surface area contributed by atoms with E-state index in [4.69, 9.17) is 19.9 Å². The van der Waals surface area contributed by atoms with E-state index in [2.05, 4.69) is 32.6 Å². The van der Waals surface area contributed by atoms with Gasteiger partial charge in [0.25, 0.3) is 0 Å². The highest BCUT2D eigenvalue weighted by Gasteiger charge is 2.17. The zero-order chi connectivity index (χ0) is 15.4. The molecule has 1 aromatic carbocycles. The minimum atomic E-state index is 0.492. The molecule has 118 valence electrons. The van der Waals surface area contributed by atoms with E-state index >= 15 is 0 Å². The van der Waals surface area contributed by atoms with Crippen LogP contribution in [-0.2, 0) is 0 Å². The Bertz CT molecular complexity index is 467. The number of benzene rings is 1. The second-order valence-electron chi connectivity index (χ2n) is 5.81. The molecule has 0 aliphatic carbocycles. The van der Waals surface area contributed by atoms with E-state index in [-0.39, 0.29) is 0 Å². The van der Waals surface area contributed by atoms with Crippen molar-refractivity contribution < 1.29 is 14.2 Å². The van der Waals surface area contributed by atoms with Crippen molar-refractivity contribution in [3.8, 4) is 17.2 Å². The predicted molar refractivity (Wildman–Crippen MR) is 84.3 cm³/mol. The Morgan fingerprint density at radius 1 is 1.10 bits per heavy atom. The molecule has 1 aliphatic rings. The van der Waals surface area contributed by atoms with Crippen molar-refractivity contribution in [2.24, 2.45) is 0 Å². The first kappa shape index (κ1) is 15.8. The van der Waals surface area contributed by atoms with Crippen LogP contribution in [0, 0.1) is 0 Å². The molecule has 5 heteroatoms. The SMILES string of the molecule is CC(C)N(CCOc1cc2c(cc1N)OCCO2)C(C)C. The largest absolute Gasteiger partial charge is 0.490 e. The van der Waals surface area contributed by atoms with E-state index in [1.807, 2.05) is 6.07 Å². The van der Waals surface area contributed by atoms with E-state index in [1.165, 1.54) is 0 Å². The average molecular weight is 294 g/mol. The summed E-state index contributed by atoms with van der Waals surface area (Å²) in [5.41, 5.74) is 6.59. The third-order valence-corrected chi connectivity index (χ3v) is 3.61. The highest BCUT2D eigenvalue weighted by molar-refractivity contribution is 5.62. The van der Waals surface area contributed by atoms with E-state index in [0.717, 1.165) is 6.54 Å². The van der Waals surface area contributed by atoms with Crippen LogP contribution in [0.2, 0.25) is 0 Å². The van der Waals surface area contributed by atoms with Crippen LogP contribution in [0.1, 0.15) is 27.7 Å². The van der Waals surface area contributed by atoms with Crippen LogP contribution in [0.4, 0.5) is 5.69 Å². The molecule has 2 N–H and O–H groups in total. The summed E-state index contributed by atoms with van der Waals surface area (Å²) < 4.78 is 16.9. The van der Waals surface area contributed by atoms with Crippen LogP contribution in [0.3, 0.4) is 0 Å². The summed E-state index contributed by atoms with van der Waals surface area (Å²) in [6.45, 7) is 11.4. The van der Waals surface area contributed by atoms with Gasteiger partial charge in [-0.1, -0.05) is 0 Å². The molecule has 1 heterocycles. The Morgan fingerprint density at radius 3 is 2.24 bits per heavy atom. The summed E-state index contributed by atoms with van der Waals surface area (Å²) in [4.78, 5) is 2.38. The fraction of sp³-hybridized carbons (Fsp3) is 0.625. The first-order chi connectivity index (χ1) is 9.99. The van der Waals surface area contributed by atoms with Crippen LogP contribution >= 0.6 is 0 Å². The summed E-state index contributed by atoms with van der Waals surface area (Å²) in [6.07, 6.45) is 0. The Balaban J connectivity index is 1.97. The lowest BCUT2D eigenvalue weighted by Gasteiger charge is -2.30. The van der Waals surface area contributed by atoms with Gasteiger partial charge in [-0.25, -0.2) is 0 Å². The van der Waals surface area contributed by atoms with Gasteiger partial charge in [0.1, 0.15) is 25.6 Å². The molecule has 0 radical (unpaired) electrons. The standard InChI is InChI=1S/C16H26N2O3/c1-11(2)18(12(3)4)5-6-19-14-10-16-15(9-13(14)17)20-7-8-21-16/h9-12H,5-8,17H2,1-4H3. The summed E-state index contributed by atoms with van der Waals surface area (Å²) >= 11 is 0. The maximum atomic E-state index is 6.01. The number of anilines is 1. The summed E-state index contributed by atoms with van der Waals surface area (Å²) in [5.74, 6) is 2.05. The number of nitrogens with zero attached hydrogens (tertiary/aromatic N) is 1. The lowest BCUT2D eigenvalue weighted by molar-refractivity contribution is 0.141. The molecule has 1 aromatic rings. The molecule has 0 amide bonds. The fourth-order valence-corrected chi connectivity index (χ4v) is 2.58. The number of nitrogens with two attached hydrogens (primary N) is 1. The van der Waals surface area contributed by atoms with Crippen molar-refractivity contribution >= 4 is 5.69 Å². The number of nitrogen functional groups attached to an aromatic ring is 1. The third kappa shape index (κ3) is 3.94. The van der Waals surface area contributed by atoms with Crippen LogP contribution < -0.4 is 19.9 Å². The smallest absolute Gasteiger partial charge is 0.165 e. The molecule has 0 atom stereocenters. The molecule has 0 fully saturated rings. The molecule has 0 bridgehead atoms. The van der Waals surface area contributed by atoms with Gasteiger partial charge >= 0.3 is 0 Å². The Hall–Kier alpha value is -1.62. The molecule has 0 spiro atoms. The number of ether oxygens (including phenoxy) is 3. The lowest BCUT2D eigenvalue weighted by Crippen LogP contribution is -2.39. The summed E-state index contributed by atoms with van der Waals surface area (Å²) in [7, 11) is 0. The van der Waals surface area contributed by atoms with Gasteiger partial charge in [0.05, 0.1) is 5.69 Å². The Kier molecular flexibility index (Phi) is 5.17. The minimum absolute atomic E-state index is 0.492. The van der Waals surface area contributed by atoms with Crippen LogP contribution in [-0.4, -0.2) is 43.3 Å². The predicted octanol–water partition coefficient (Wildman–Crippen LogP) is 2.54. The lowest BCUT2D eigenvalue weighted by atomic mass is 10.2. The van der Waals surface area contributed by atoms with E-state index < -0.39 is 0 Å². The first-order valence-corrected chi connectivity index (χ1v) is 7.56. The topological polar surface area (TPSA) is 57.0 Å². The van der Waals surface area contributed by atoms with Gasteiger partial charge in [-0.3, -0.25) is 4.90 Å².